The van der Waals surface area contributed by atoms with Crippen LogP contribution in [0.2, 0.25) is 0 Å². The molecule has 2 nitrogen and oxygen atoms in total. The van der Waals surface area contributed by atoms with Crippen LogP contribution in [0.15, 0.2) is 24.3 Å². The fraction of sp³-hybridized carbons (Fsp3) is 0.250. The Balaban J connectivity index is 2.60. The Labute approximate surface area is 87.4 Å². The van der Waals surface area contributed by atoms with E-state index < -0.39 is 0 Å². The third kappa shape index (κ3) is 1.91. The van der Waals surface area contributed by atoms with Crippen molar-refractivity contribution in [2.24, 2.45) is 0 Å². The lowest BCUT2D eigenvalue weighted by atomic mass is 10.1. The van der Waals surface area contributed by atoms with Gasteiger partial charge in [-0.15, -0.1) is 0 Å². The van der Waals surface area contributed by atoms with Gasteiger partial charge in [-0.1, -0.05) is 13.3 Å². The van der Waals surface area contributed by atoms with E-state index in [9.17, 15) is 9.50 Å². The molecule has 1 N–H and O–H groups in total. The molecule has 0 fully saturated rings. The molecule has 15 heavy (non-hydrogen) atoms. The van der Waals surface area contributed by atoms with Crippen LogP contribution in [-0.2, 0) is 6.42 Å². The molecule has 0 bridgehead atoms. The van der Waals surface area contributed by atoms with E-state index in [2.05, 4.69) is 4.98 Å². The van der Waals surface area contributed by atoms with Gasteiger partial charge < -0.3 is 5.11 Å². The lowest BCUT2D eigenvalue weighted by molar-refractivity contribution is 0.465. The predicted molar refractivity (Wildman–Crippen MR) is 57.4 cm³/mol. The molecule has 0 atom stereocenters. The van der Waals surface area contributed by atoms with Crippen molar-refractivity contribution < 1.29 is 9.50 Å². The van der Waals surface area contributed by atoms with Crippen LogP contribution in [0.3, 0.4) is 0 Å². The summed E-state index contributed by atoms with van der Waals surface area (Å²) in [7, 11) is 0. The highest BCUT2D eigenvalue weighted by atomic mass is 19.1. The molecular formula is C12H12FNO. The second-order valence-electron chi connectivity index (χ2n) is 3.54. The molecular weight excluding hydrogens is 193 g/mol. The third-order valence-electron chi connectivity index (χ3n) is 2.32. The van der Waals surface area contributed by atoms with E-state index in [-0.39, 0.29) is 11.6 Å². The largest absolute Gasteiger partial charge is 0.506 e. The highest BCUT2D eigenvalue weighted by Gasteiger charge is 2.05. The van der Waals surface area contributed by atoms with Gasteiger partial charge in [-0.2, -0.15) is 0 Å². The van der Waals surface area contributed by atoms with Gasteiger partial charge in [-0.25, -0.2) is 9.37 Å². The van der Waals surface area contributed by atoms with Gasteiger partial charge in [0.25, 0.3) is 0 Å². The number of fused-ring (bicyclic) bond motifs is 1. The van der Waals surface area contributed by atoms with E-state index in [1.807, 2.05) is 6.92 Å². The number of hydrogen-bond acceptors (Lipinski definition) is 2. The summed E-state index contributed by atoms with van der Waals surface area (Å²) >= 11 is 0. The van der Waals surface area contributed by atoms with E-state index in [1.54, 1.807) is 12.1 Å². The van der Waals surface area contributed by atoms with E-state index in [0.29, 0.717) is 11.1 Å². The molecule has 2 rings (SSSR count). The number of aromatic hydroxyl groups is 1. The van der Waals surface area contributed by atoms with Crippen LogP contribution in [-0.4, -0.2) is 10.1 Å². The molecule has 0 aliphatic carbocycles. The Kier molecular flexibility index (Phi) is 2.54. The summed E-state index contributed by atoms with van der Waals surface area (Å²) in [4.78, 5) is 4.29. The number of pyridine rings is 1. The second kappa shape index (κ2) is 3.85. The summed E-state index contributed by atoms with van der Waals surface area (Å²) in [6.07, 6.45) is 1.66. The number of aryl methyl sites for hydroxylation is 1. The Morgan fingerprint density at radius 3 is 2.87 bits per heavy atom. The van der Waals surface area contributed by atoms with Gasteiger partial charge in [-0.3, -0.25) is 0 Å². The van der Waals surface area contributed by atoms with Crippen molar-refractivity contribution in [3.63, 3.8) is 0 Å². The average molecular weight is 205 g/mol. The SMILES string of the molecule is CCCc1nc2ccc(F)cc2cc1O. The average Bonchev–Trinajstić information content (AvgIpc) is 2.20. The molecule has 0 saturated carbocycles. The molecule has 0 aliphatic rings. The predicted octanol–water partition coefficient (Wildman–Crippen LogP) is 3.03. The van der Waals surface area contributed by atoms with Crippen molar-refractivity contribution in [1.82, 2.24) is 4.98 Å². The Bertz CT molecular complexity index is 496. The molecule has 0 aliphatic heterocycles. The number of rotatable bonds is 2. The summed E-state index contributed by atoms with van der Waals surface area (Å²) in [5, 5.41) is 10.3. The van der Waals surface area contributed by atoms with Crippen molar-refractivity contribution >= 4 is 10.9 Å². The Morgan fingerprint density at radius 2 is 2.13 bits per heavy atom. The van der Waals surface area contributed by atoms with Crippen molar-refractivity contribution in [2.75, 3.05) is 0 Å². The van der Waals surface area contributed by atoms with E-state index >= 15 is 0 Å². The van der Waals surface area contributed by atoms with Gasteiger partial charge in [0.2, 0.25) is 0 Å². The summed E-state index contributed by atoms with van der Waals surface area (Å²) < 4.78 is 12.9. The fourth-order valence-electron chi connectivity index (χ4n) is 1.60. The molecule has 1 heterocycles. The quantitative estimate of drug-likeness (QED) is 0.817. The Morgan fingerprint density at radius 1 is 1.33 bits per heavy atom. The lowest BCUT2D eigenvalue weighted by Gasteiger charge is -2.04. The lowest BCUT2D eigenvalue weighted by Crippen LogP contribution is -1.91. The zero-order valence-electron chi connectivity index (χ0n) is 8.50. The first-order valence-corrected chi connectivity index (χ1v) is 4.99. The van der Waals surface area contributed by atoms with Crippen molar-refractivity contribution in [3.8, 4) is 5.75 Å². The number of benzene rings is 1. The van der Waals surface area contributed by atoms with Crippen molar-refractivity contribution in [1.29, 1.82) is 0 Å². The molecule has 2 aromatic rings. The van der Waals surface area contributed by atoms with Crippen LogP contribution in [0, 0.1) is 5.82 Å². The monoisotopic (exact) mass is 205 g/mol. The molecule has 3 heteroatoms. The van der Waals surface area contributed by atoms with Crippen LogP contribution in [0.1, 0.15) is 19.0 Å². The normalized spacial score (nSPS) is 10.8. The van der Waals surface area contributed by atoms with Gasteiger partial charge in [0.05, 0.1) is 11.2 Å². The van der Waals surface area contributed by atoms with Crippen LogP contribution in [0.5, 0.6) is 5.75 Å². The zero-order chi connectivity index (χ0) is 10.8. The first kappa shape index (κ1) is 9.90. The second-order valence-corrected chi connectivity index (χ2v) is 3.54. The van der Waals surface area contributed by atoms with Gasteiger partial charge in [0, 0.05) is 5.39 Å². The topological polar surface area (TPSA) is 33.1 Å². The smallest absolute Gasteiger partial charge is 0.137 e. The summed E-state index contributed by atoms with van der Waals surface area (Å²) in [5.74, 6) is -0.165. The number of nitrogens with zero attached hydrogens (tertiary/aromatic N) is 1. The van der Waals surface area contributed by atoms with Crippen LogP contribution in [0.25, 0.3) is 10.9 Å². The third-order valence-corrected chi connectivity index (χ3v) is 2.32. The molecule has 1 aromatic carbocycles. The first-order valence-electron chi connectivity index (χ1n) is 4.99. The fourth-order valence-corrected chi connectivity index (χ4v) is 1.60. The summed E-state index contributed by atoms with van der Waals surface area (Å²) in [6.45, 7) is 2.02. The minimum Gasteiger partial charge on any atom is -0.506 e. The standard InChI is InChI=1S/C12H12FNO/c1-2-3-11-12(15)7-8-6-9(13)4-5-10(8)14-11/h4-7,15H,2-3H2,1H3. The van der Waals surface area contributed by atoms with Crippen molar-refractivity contribution in [2.45, 2.75) is 19.8 Å². The van der Waals surface area contributed by atoms with Crippen molar-refractivity contribution in [3.05, 3.63) is 35.8 Å². The number of halogens is 1. The van der Waals surface area contributed by atoms with Gasteiger partial charge >= 0.3 is 0 Å². The first-order chi connectivity index (χ1) is 7.20. The maximum Gasteiger partial charge on any atom is 0.137 e. The summed E-state index contributed by atoms with van der Waals surface area (Å²) in [6, 6.07) is 5.94. The molecule has 0 radical (unpaired) electrons. The number of hydrogen-bond donors (Lipinski definition) is 1. The van der Waals surface area contributed by atoms with Crippen LogP contribution in [0.4, 0.5) is 4.39 Å². The minimum absolute atomic E-state index is 0.148. The molecule has 78 valence electrons. The van der Waals surface area contributed by atoms with Crippen LogP contribution < -0.4 is 0 Å². The zero-order valence-corrected chi connectivity index (χ0v) is 8.50. The van der Waals surface area contributed by atoms with Gasteiger partial charge in [0.1, 0.15) is 11.6 Å². The summed E-state index contributed by atoms with van der Waals surface area (Å²) in [5.41, 5.74) is 1.40. The molecule has 0 spiro atoms. The maximum absolute atomic E-state index is 12.9. The van der Waals surface area contributed by atoms with Gasteiger partial charge in [-0.05, 0) is 30.7 Å². The van der Waals surface area contributed by atoms with Gasteiger partial charge in [0.15, 0.2) is 0 Å². The molecule has 0 saturated heterocycles. The van der Waals surface area contributed by atoms with E-state index in [0.717, 1.165) is 18.4 Å². The Hall–Kier alpha value is -1.64. The maximum atomic E-state index is 12.9. The minimum atomic E-state index is -0.313. The molecule has 0 unspecified atom stereocenters. The highest BCUT2D eigenvalue weighted by Crippen LogP contribution is 2.23. The van der Waals surface area contributed by atoms with E-state index in [1.165, 1.54) is 12.1 Å². The highest BCUT2D eigenvalue weighted by molar-refractivity contribution is 5.80. The van der Waals surface area contributed by atoms with E-state index in [4.69, 9.17) is 0 Å². The molecule has 1 aromatic heterocycles. The number of aromatic nitrogens is 1. The van der Waals surface area contributed by atoms with Crippen LogP contribution >= 0.6 is 0 Å². The molecule has 0 amide bonds.